The molecule has 3 aromatic carbocycles. The van der Waals surface area contributed by atoms with Gasteiger partial charge in [0.15, 0.2) is 0 Å². The Kier molecular flexibility index (Phi) is 6.66. The largest absolute Gasteiger partial charge is 0.497 e. The lowest BCUT2D eigenvalue weighted by atomic mass is 10.1. The lowest BCUT2D eigenvalue weighted by molar-refractivity contribution is 0.0729. The number of benzene rings is 3. The van der Waals surface area contributed by atoms with E-state index in [1.807, 2.05) is 36.4 Å². The minimum absolute atomic E-state index is 0.118. The summed E-state index contributed by atoms with van der Waals surface area (Å²) < 4.78 is 10.5. The van der Waals surface area contributed by atoms with Gasteiger partial charge in [0.1, 0.15) is 11.5 Å². The molecular formula is C26H23ClN2O4. The zero-order valence-corrected chi connectivity index (χ0v) is 19.1. The zero-order valence-electron chi connectivity index (χ0n) is 18.3. The molecule has 4 aromatic rings. The van der Waals surface area contributed by atoms with Crippen molar-refractivity contribution in [3.8, 4) is 11.5 Å². The normalized spacial score (nSPS) is 10.8. The molecule has 0 aliphatic rings. The van der Waals surface area contributed by atoms with E-state index in [1.54, 1.807) is 55.5 Å². The third-order valence-corrected chi connectivity index (χ3v) is 5.74. The molecule has 168 valence electrons. The van der Waals surface area contributed by atoms with Gasteiger partial charge < -0.3 is 19.4 Å². The second kappa shape index (κ2) is 9.79. The van der Waals surface area contributed by atoms with Crippen molar-refractivity contribution >= 4 is 28.4 Å². The SMILES string of the molecule is COc1ccc(CN(Cc2cc3ccc(OC)cc3[nH]c2=O)C(=O)c2ccccc2Cl)cc1. The van der Waals surface area contributed by atoms with Gasteiger partial charge in [0, 0.05) is 18.2 Å². The lowest BCUT2D eigenvalue weighted by Crippen LogP contribution is -2.32. The summed E-state index contributed by atoms with van der Waals surface area (Å²) in [5.41, 5.74) is 2.17. The molecule has 0 spiro atoms. The minimum atomic E-state index is -0.262. The summed E-state index contributed by atoms with van der Waals surface area (Å²) in [4.78, 5) is 30.8. The van der Waals surface area contributed by atoms with Crippen molar-refractivity contribution in [1.29, 1.82) is 0 Å². The maximum Gasteiger partial charge on any atom is 0.255 e. The molecule has 0 bridgehead atoms. The van der Waals surface area contributed by atoms with Crippen molar-refractivity contribution in [2.45, 2.75) is 13.1 Å². The third-order valence-electron chi connectivity index (χ3n) is 5.42. The summed E-state index contributed by atoms with van der Waals surface area (Å²) in [6.45, 7) is 0.418. The Morgan fingerprint density at radius 1 is 0.909 bits per heavy atom. The van der Waals surface area contributed by atoms with Crippen LogP contribution in [0.1, 0.15) is 21.5 Å². The summed E-state index contributed by atoms with van der Waals surface area (Å²) in [5, 5.41) is 1.21. The number of aromatic amines is 1. The molecule has 0 unspecified atom stereocenters. The third kappa shape index (κ3) is 5.02. The Labute approximate surface area is 196 Å². The van der Waals surface area contributed by atoms with Crippen molar-refractivity contribution in [3.05, 3.63) is 105 Å². The molecule has 4 rings (SSSR count). The van der Waals surface area contributed by atoms with E-state index >= 15 is 0 Å². The molecule has 0 saturated heterocycles. The van der Waals surface area contributed by atoms with Gasteiger partial charge in [-0.25, -0.2) is 0 Å². The lowest BCUT2D eigenvalue weighted by Gasteiger charge is -2.23. The first kappa shape index (κ1) is 22.4. The highest BCUT2D eigenvalue weighted by atomic mass is 35.5. The van der Waals surface area contributed by atoms with E-state index in [0.29, 0.717) is 34.0 Å². The molecule has 0 aliphatic carbocycles. The molecule has 0 fully saturated rings. The summed E-state index contributed by atoms with van der Waals surface area (Å²) in [7, 11) is 3.18. The maximum absolute atomic E-state index is 13.4. The van der Waals surface area contributed by atoms with Crippen LogP contribution in [-0.2, 0) is 13.1 Å². The van der Waals surface area contributed by atoms with Gasteiger partial charge in [-0.15, -0.1) is 0 Å². The number of amides is 1. The van der Waals surface area contributed by atoms with Crippen molar-refractivity contribution in [2.75, 3.05) is 14.2 Å². The summed E-state index contributed by atoms with van der Waals surface area (Å²) >= 11 is 6.30. The van der Waals surface area contributed by atoms with Crippen LogP contribution >= 0.6 is 11.6 Å². The summed E-state index contributed by atoms with van der Waals surface area (Å²) in [6.07, 6.45) is 0. The number of nitrogens with one attached hydrogen (secondary N) is 1. The van der Waals surface area contributed by atoms with E-state index < -0.39 is 0 Å². The van der Waals surface area contributed by atoms with Crippen molar-refractivity contribution in [2.24, 2.45) is 0 Å². The highest BCUT2D eigenvalue weighted by molar-refractivity contribution is 6.33. The smallest absolute Gasteiger partial charge is 0.255 e. The average Bonchev–Trinajstić information content (AvgIpc) is 2.84. The molecular weight excluding hydrogens is 440 g/mol. The van der Waals surface area contributed by atoms with Crippen molar-refractivity contribution in [1.82, 2.24) is 9.88 Å². The minimum Gasteiger partial charge on any atom is -0.497 e. The Balaban J connectivity index is 1.70. The summed E-state index contributed by atoms with van der Waals surface area (Å²) in [6, 6.07) is 21.6. The number of H-pyrrole nitrogens is 1. The van der Waals surface area contributed by atoms with Crippen molar-refractivity contribution in [3.63, 3.8) is 0 Å². The van der Waals surface area contributed by atoms with Crippen LogP contribution in [0.15, 0.2) is 77.6 Å². The molecule has 1 aromatic heterocycles. The molecule has 1 amide bonds. The van der Waals surface area contributed by atoms with Crippen LogP contribution < -0.4 is 15.0 Å². The number of methoxy groups -OCH3 is 2. The van der Waals surface area contributed by atoms with Crippen LogP contribution in [0.5, 0.6) is 11.5 Å². The first-order valence-corrected chi connectivity index (χ1v) is 10.7. The van der Waals surface area contributed by atoms with Crippen LogP contribution in [0.2, 0.25) is 5.02 Å². The fraction of sp³-hybridized carbons (Fsp3) is 0.154. The molecule has 1 N–H and O–H groups in total. The molecule has 1 heterocycles. The molecule has 6 nitrogen and oxygen atoms in total. The van der Waals surface area contributed by atoms with Gasteiger partial charge in [0.25, 0.3) is 11.5 Å². The van der Waals surface area contributed by atoms with Gasteiger partial charge in [0.05, 0.1) is 36.9 Å². The molecule has 0 radical (unpaired) electrons. The first-order valence-electron chi connectivity index (χ1n) is 10.3. The molecule has 33 heavy (non-hydrogen) atoms. The average molecular weight is 463 g/mol. The second-order valence-electron chi connectivity index (χ2n) is 7.57. The number of halogens is 1. The number of carbonyl (C=O) groups excluding carboxylic acids is 1. The fourth-order valence-electron chi connectivity index (χ4n) is 3.63. The number of fused-ring (bicyclic) bond motifs is 1. The number of nitrogens with zero attached hydrogens (tertiary/aromatic N) is 1. The summed E-state index contributed by atoms with van der Waals surface area (Å²) in [5.74, 6) is 1.12. The standard InChI is InChI=1S/C26H23ClN2O4/c1-32-20-10-7-17(8-11-20)15-29(26(31)22-5-3-4-6-23(22)27)16-19-13-18-9-12-21(33-2)14-24(18)28-25(19)30/h3-14H,15-16H2,1-2H3,(H,28,30). The first-order chi connectivity index (χ1) is 16.0. The van der Waals surface area contributed by atoms with Crippen LogP contribution in [-0.4, -0.2) is 30.0 Å². The molecule has 0 aliphatic heterocycles. The van der Waals surface area contributed by atoms with E-state index in [4.69, 9.17) is 21.1 Å². The van der Waals surface area contributed by atoms with Gasteiger partial charge >= 0.3 is 0 Å². The van der Waals surface area contributed by atoms with E-state index in [2.05, 4.69) is 4.98 Å². The predicted molar refractivity (Wildman–Crippen MR) is 129 cm³/mol. The zero-order chi connectivity index (χ0) is 23.4. The number of rotatable bonds is 7. The monoisotopic (exact) mass is 462 g/mol. The van der Waals surface area contributed by atoms with Crippen LogP contribution in [0.3, 0.4) is 0 Å². The van der Waals surface area contributed by atoms with Gasteiger partial charge in [-0.1, -0.05) is 35.9 Å². The number of aromatic nitrogens is 1. The second-order valence-corrected chi connectivity index (χ2v) is 7.97. The molecule has 0 atom stereocenters. The maximum atomic E-state index is 13.4. The fourth-order valence-corrected chi connectivity index (χ4v) is 3.85. The number of carbonyl (C=O) groups is 1. The van der Waals surface area contributed by atoms with Gasteiger partial charge in [-0.2, -0.15) is 0 Å². The van der Waals surface area contributed by atoms with Gasteiger partial charge in [-0.3, -0.25) is 9.59 Å². The van der Waals surface area contributed by atoms with Crippen LogP contribution in [0.25, 0.3) is 10.9 Å². The van der Waals surface area contributed by atoms with E-state index in [9.17, 15) is 9.59 Å². The topological polar surface area (TPSA) is 71.6 Å². The number of ether oxygens (including phenoxy) is 2. The number of hydrogen-bond donors (Lipinski definition) is 1. The highest BCUT2D eigenvalue weighted by Gasteiger charge is 2.20. The molecule has 7 heteroatoms. The predicted octanol–water partition coefficient (Wildman–Crippen LogP) is 5.04. The van der Waals surface area contributed by atoms with Crippen LogP contribution in [0, 0.1) is 0 Å². The van der Waals surface area contributed by atoms with Gasteiger partial charge in [-0.05, 0) is 53.4 Å². The Hall–Kier alpha value is -3.77. The molecule has 0 saturated carbocycles. The highest BCUT2D eigenvalue weighted by Crippen LogP contribution is 2.22. The van der Waals surface area contributed by atoms with E-state index in [0.717, 1.165) is 16.7 Å². The van der Waals surface area contributed by atoms with Crippen LogP contribution in [0.4, 0.5) is 0 Å². The number of hydrogen-bond acceptors (Lipinski definition) is 4. The Morgan fingerprint density at radius 3 is 2.30 bits per heavy atom. The van der Waals surface area contributed by atoms with Gasteiger partial charge in [0.2, 0.25) is 0 Å². The Bertz CT molecular complexity index is 1350. The quantitative estimate of drug-likeness (QED) is 0.417. The Morgan fingerprint density at radius 2 is 1.61 bits per heavy atom. The van der Waals surface area contributed by atoms with E-state index in [1.165, 1.54) is 0 Å². The van der Waals surface area contributed by atoms with E-state index in [-0.39, 0.29) is 18.0 Å². The van der Waals surface area contributed by atoms with Crippen molar-refractivity contribution < 1.29 is 14.3 Å². The number of pyridine rings is 1.